The summed E-state index contributed by atoms with van der Waals surface area (Å²) in [7, 11) is 0. The van der Waals surface area contributed by atoms with Crippen LogP contribution < -0.4 is 0 Å². The lowest BCUT2D eigenvalue weighted by Gasteiger charge is -2.20. The topological polar surface area (TPSA) is 66.0 Å². The number of carboxylic acid groups (broad SMARTS) is 1. The molecule has 1 fully saturated rings. The van der Waals surface area contributed by atoms with E-state index in [4.69, 9.17) is 5.11 Å². The molecular formula is C11H15BrN2O2. The zero-order valence-corrected chi connectivity index (χ0v) is 10.6. The standard InChI is InChI=1S/C11H15BrN2O2/c12-11-13-8(6-9(15)16)10(14-11)7-4-2-1-3-5-7/h7H,1-6H2,(H,13,14)(H,15,16). The van der Waals surface area contributed by atoms with Crippen LogP contribution in [-0.2, 0) is 11.2 Å². The van der Waals surface area contributed by atoms with Crippen molar-refractivity contribution in [3.05, 3.63) is 16.1 Å². The molecule has 0 bridgehead atoms. The molecule has 2 N–H and O–H groups in total. The Hall–Kier alpha value is -0.840. The Labute approximate surface area is 103 Å². The zero-order valence-electron chi connectivity index (χ0n) is 9.00. The van der Waals surface area contributed by atoms with Crippen LogP contribution in [0, 0.1) is 0 Å². The number of aromatic nitrogens is 2. The van der Waals surface area contributed by atoms with E-state index in [0.717, 1.165) is 24.2 Å². The molecule has 0 saturated heterocycles. The maximum atomic E-state index is 10.7. The number of carboxylic acids is 1. The van der Waals surface area contributed by atoms with E-state index in [-0.39, 0.29) is 6.42 Å². The van der Waals surface area contributed by atoms with Gasteiger partial charge in [-0.15, -0.1) is 0 Å². The minimum atomic E-state index is -0.812. The van der Waals surface area contributed by atoms with Gasteiger partial charge >= 0.3 is 5.97 Å². The second kappa shape index (κ2) is 4.99. The lowest BCUT2D eigenvalue weighted by atomic mass is 9.86. The van der Waals surface area contributed by atoms with Crippen molar-refractivity contribution in [1.29, 1.82) is 0 Å². The van der Waals surface area contributed by atoms with E-state index in [1.54, 1.807) is 0 Å². The molecule has 5 heteroatoms. The maximum Gasteiger partial charge on any atom is 0.309 e. The maximum absolute atomic E-state index is 10.7. The van der Waals surface area contributed by atoms with E-state index in [1.807, 2.05) is 0 Å². The van der Waals surface area contributed by atoms with Gasteiger partial charge in [0, 0.05) is 5.92 Å². The Morgan fingerprint density at radius 3 is 2.75 bits per heavy atom. The predicted octanol–water partition coefficient (Wildman–Crippen LogP) is 2.85. The second-order valence-electron chi connectivity index (χ2n) is 4.30. The highest BCUT2D eigenvalue weighted by Crippen LogP contribution is 2.34. The summed E-state index contributed by atoms with van der Waals surface area (Å²) < 4.78 is 0.643. The van der Waals surface area contributed by atoms with Crippen LogP contribution in [0.25, 0.3) is 0 Å². The summed E-state index contributed by atoms with van der Waals surface area (Å²) in [5.74, 6) is -0.376. The Morgan fingerprint density at radius 1 is 1.44 bits per heavy atom. The highest BCUT2D eigenvalue weighted by molar-refractivity contribution is 9.10. The number of nitrogens with one attached hydrogen (secondary N) is 1. The fourth-order valence-electron chi connectivity index (χ4n) is 2.39. The number of nitrogens with zero attached hydrogens (tertiary/aromatic N) is 1. The minimum absolute atomic E-state index is 0.0322. The molecule has 1 heterocycles. The van der Waals surface area contributed by atoms with Gasteiger partial charge in [-0.2, -0.15) is 0 Å². The Bertz CT molecular complexity index is 383. The number of hydrogen-bond acceptors (Lipinski definition) is 2. The molecule has 0 unspecified atom stereocenters. The van der Waals surface area contributed by atoms with Gasteiger partial charge in [0.15, 0.2) is 4.73 Å². The van der Waals surface area contributed by atoms with Crippen molar-refractivity contribution < 1.29 is 9.90 Å². The molecule has 4 nitrogen and oxygen atoms in total. The van der Waals surface area contributed by atoms with Crippen molar-refractivity contribution in [1.82, 2.24) is 9.97 Å². The molecule has 0 aromatic carbocycles. The van der Waals surface area contributed by atoms with Gasteiger partial charge in [-0.25, -0.2) is 4.98 Å². The number of H-pyrrole nitrogens is 1. The first-order valence-electron chi connectivity index (χ1n) is 5.63. The first-order valence-corrected chi connectivity index (χ1v) is 6.42. The quantitative estimate of drug-likeness (QED) is 0.898. The van der Waals surface area contributed by atoms with Gasteiger partial charge in [0.1, 0.15) is 0 Å². The molecule has 1 aliphatic rings. The summed E-state index contributed by atoms with van der Waals surface area (Å²) in [6.45, 7) is 0. The first kappa shape index (κ1) is 11.6. The number of aliphatic carboxylic acids is 1. The third-order valence-electron chi connectivity index (χ3n) is 3.10. The summed E-state index contributed by atoms with van der Waals surface area (Å²) >= 11 is 3.28. The molecule has 0 atom stereocenters. The molecule has 16 heavy (non-hydrogen) atoms. The summed E-state index contributed by atoms with van der Waals surface area (Å²) in [5.41, 5.74) is 1.71. The molecule has 0 radical (unpaired) electrons. The Morgan fingerprint density at radius 2 is 2.12 bits per heavy atom. The number of rotatable bonds is 3. The van der Waals surface area contributed by atoms with Crippen LogP contribution in [0.4, 0.5) is 0 Å². The molecular weight excluding hydrogens is 272 g/mol. The Balaban J connectivity index is 2.20. The van der Waals surface area contributed by atoms with Crippen LogP contribution in [0.15, 0.2) is 4.73 Å². The van der Waals surface area contributed by atoms with Gasteiger partial charge in [-0.1, -0.05) is 19.3 Å². The lowest BCUT2D eigenvalue weighted by Crippen LogP contribution is -2.10. The van der Waals surface area contributed by atoms with Crippen molar-refractivity contribution in [3.8, 4) is 0 Å². The van der Waals surface area contributed by atoms with Gasteiger partial charge in [0.2, 0.25) is 0 Å². The molecule has 1 aromatic rings. The van der Waals surface area contributed by atoms with E-state index in [1.165, 1.54) is 19.3 Å². The smallest absolute Gasteiger partial charge is 0.309 e. The second-order valence-corrected chi connectivity index (χ2v) is 5.05. The predicted molar refractivity (Wildman–Crippen MR) is 63.5 cm³/mol. The number of carbonyl (C=O) groups is 1. The van der Waals surface area contributed by atoms with E-state index in [9.17, 15) is 4.79 Å². The van der Waals surface area contributed by atoms with Crippen molar-refractivity contribution in [3.63, 3.8) is 0 Å². The van der Waals surface area contributed by atoms with Gasteiger partial charge in [0.05, 0.1) is 17.8 Å². The molecule has 0 spiro atoms. The normalized spacial score (nSPS) is 17.6. The van der Waals surface area contributed by atoms with Crippen LogP contribution in [-0.4, -0.2) is 21.0 Å². The van der Waals surface area contributed by atoms with Crippen molar-refractivity contribution in [2.45, 2.75) is 44.4 Å². The molecule has 1 aromatic heterocycles. The molecule has 0 aliphatic heterocycles. The molecule has 2 rings (SSSR count). The van der Waals surface area contributed by atoms with E-state index >= 15 is 0 Å². The fourth-order valence-corrected chi connectivity index (χ4v) is 2.82. The van der Waals surface area contributed by atoms with Crippen molar-refractivity contribution in [2.75, 3.05) is 0 Å². The van der Waals surface area contributed by atoms with Gasteiger partial charge in [-0.3, -0.25) is 4.79 Å². The highest BCUT2D eigenvalue weighted by Gasteiger charge is 2.22. The van der Waals surface area contributed by atoms with E-state index in [2.05, 4.69) is 25.9 Å². The molecule has 1 saturated carbocycles. The number of halogens is 1. The molecule has 88 valence electrons. The molecule has 0 amide bonds. The summed E-state index contributed by atoms with van der Waals surface area (Å²) in [6, 6.07) is 0. The molecule has 1 aliphatic carbocycles. The summed E-state index contributed by atoms with van der Waals surface area (Å²) in [6.07, 6.45) is 6.03. The van der Waals surface area contributed by atoms with Crippen molar-refractivity contribution in [2.24, 2.45) is 0 Å². The van der Waals surface area contributed by atoms with Crippen LogP contribution in [0.2, 0.25) is 0 Å². The largest absolute Gasteiger partial charge is 0.481 e. The average Bonchev–Trinajstić information content (AvgIpc) is 2.60. The number of imidazole rings is 1. The van der Waals surface area contributed by atoms with Crippen LogP contribution in [0.1, 0.15) is 49.4 Å². The van der Waals surface area contributed by atoms with Gasteiger partial charge in [0.25, 0.3) is 0 Å². The van der Waals surface area contributed by atoms with Crippen LogP contribution >= 0.6 is 15.9 Å². The van der Waals surface area contributed by atoms with Crippen LogP contribution in [0.5, 0.6) is 0 Å². The van der Waals surface area contributed by atoms with E-state index in [0.29, 0.717) is 10.7 Å². The lowest BCUT2D eigenvalue weighted by molar-refractivity contribution is -0.136. The highest BCUT2D eigenvalue weighted by atomic mass is 79.9. The van der Waals surface area contributed by atoms with Crippen molar-refractivity contribution >= 4 is 21.9 Å². The van der Waals surface area contributed by atoms with Crippen LogP contribution in [0.3, 0.4) is 0 Å². The number of aromatic amines is 1. The minimum Gasteiger partial charge on any atom is -0.481 e. The summed E-state index contributed by atoms with van der Waals surface area (Å²) in [4.78, 5) is 18.1. The SMILES string of the molecule is O=C(O)Cc1[nH]c(Br)nc1C1CCCCC1. The third kappa shape index (κ3) is 2.64. The monoisotopic (exact) mass is 286 g/mol. The van der Waals surface area contributed by atoms with Gasteiger partial charge < -0.3 is 10.1 Å². The zero-order chi connectivity index (χ0) is 11.5. The number of hydrogen-bond donors (Lipinski definition) is 2. The third-order valence-corrected chi connectivity index (χ3v) is 3.48. The Kier molecular flexibility index (Phi) is 3.63. The van der Waals surface area contributed by atoms with E-state index < -0.39 is 5.97 Å². The van der Waals surface area contributed by atoms with Gasteiger partial charge in [-0.05, 0) is 28.8 Å². The summed E-state index contributed by atoms with van der Waals surface area (Å²) in [5, 5.41) is 8.84. The average molecular weight is 287 g/mol. The first-order chi connectivity index (χ1) is 7.66. The fraction of sp³-hybridized carbons (Fsp3) is 0.636.